The van der Waals surface area contributed by atoms with Crippen molar-refractivity contribution in [3.63, 3.8) is 0 Å². The SMILES string of the molecule is CCc1cccc(Cc2cccc(Cc3cccc(Cc4ccccc4OCC#N)c3O)c2OCC#N)c1O. The maximum absolute atomic E-state index is 11.2. The molecule has 39 heavy (non-hydrogen) atoms. The van der Waals surface area contributed by atoms with Gasteiger partial charge in [0.1, 0.15) is 35.1 Å². The number of phenolic OH excluding ortho intramolecular Hbond substituents is 2. The van der Waals surface area contributed by atoms with Crippen LogP contribution in [0.15, 0.2) is 78.9 Å². The fourth-order valence-electron chi connectivity index (χ4n) is 4.72. The van der Waals surface area contributed by atoms with Gasteiger partial charge in [0.15, 0.2) is 13.2 Å². The molecule has 0 radical (unpaired) electrons. The summed E-state index contributed by atoms with van der Waals surface area (Å²) >= 11 is 0. The van der Waals surface area contributed by atoms with Gasteiger partial charge >= 0.3 is 0 Å². The third-order valence-corrected chi connectivity index (χ3v) is 6.65. The molecule has 0 fully saturated rings. The Kier molecular flexibility index (Phi) is 9.06. The maximum atomic E-state index is 11.2. The van der Waals surface area contributed by atoms with E-state index in [9.17, 15) is 15.5 Å². The molecule has 0 aliphatic heterocycles. The lowest BCUT2D eigenvalue weighted by Gasteiger charge is -2.17. The molecule has 0 spiro atoms. The normalized spacial score (nSPS) is 10.4. The minimum atomic E-state index is -0.115. The van der Waals surface area contributed by atoms with Crippen molar-refractivity contribution in [1.29, 1.82) is 10.5 Å². The van der Waals surface area contributed by atoms with Gasteiger partial charge < -0.3 is 19.7 Å². The molecule has 0 atom stereocenters. The summed E-state index contributed by atoms with van der Waals surface area (Å²) in [5, 5.41) is 40.1. The standard InChI is InChI=1S/C33H30N2O4/c1-2-23-9-5-10-26(31(23)36)21-28-13-7-14-29(33(28)39-19-17-35)22-27-12-6-11-25(32(27)37)20-24-8-3-4-15-30(24)38-18-16-34/h3-15,36-37H,2,18-22H2,1H3. The van der Waals surface area contributed by atoms with Gasteiger partial charge in [0.2, 0.25) is 0 Å². The first-order chi connectivity index (χ1) is 19.0. The molecule has 0 saturated carbocycles. The molecule has 0 unspecified atom stereocenters. The van der Waals surface area contributed by atoms with E-state index in [-0.39, 0.29) is 24.7 Å². The Hall–Kier alpha value is -4.94. The molecule has 2 N–H and O–H groups in total. The fourth-order valence-corrected chi connectivity index (χ4v) is 4.72. The zero-order valence-corrected chi connectivity index (χ0v) is 21.9. The number of hydrogen-bond acceptors (Lipinski definition) is 6. The third-order valence-electron chi connectivity index (χ3n) is 6.65. The van der Waals surface area contributed by atoms with E-state index in [1.165, 1.54) is 0 Å². The molecule has 0 bridgehead atoms. The van der Waals surface area contributed by atoms with Crippen molar-refractivity contribution >= 4 is 0 Å². The second-order valence-corrected chi connectivity index (χ2v) is 9.14. The molecule has 0 aromatic heterocycles. The Morgan fingerprint density at radius 1 is 0.564 bits per heavy atom. The number of aryl methyl sites for hydroxylation is 1. The quantitative estimate of drug-likeness (QED) is 0.244. The van der Waals surface area contributed by atoms with E-state index in [1.54, 1.807) is 0 Å². The molecule has 0 aliphatic rings. The van der Waals surface area contributed by atoms with Crippen LogP contribution >= 0.6 is 0 Å². The molecule has 6 nitrogen and oxygen atoms in total. The van der Waals surface area contributed by atoms with Gasteiger partial charge in [0.05, 0.1) is 0 Å². The summed E-state index contributed by atoms with van der Waals surface area (Å²) in [5.74, 6) is 1.65. The van der Waals surface area contributed by atoms with Gasteiger partial charge in [-0.25, -0.2) is 0 Å². The van der Waals surface area contributed by atoms with Crippen molar-refractivity contribution in [2.45, 2.75) is 32.6 Å². The number of hydrogen-bond donors (Lipinski definition) is 2. The number of nitriles is 2. The lowest BCUT2D eigenvalue weighted by atomic mass is 9.94. The monoisotopic (exact) mass is 518 g/mol. The van der Waals surface area contributed by atoms with Gasteiger partial charge in [0.25, 0.3) is 0 Å². The van der Waals surface area contributed by atoms with E-state index in [1.807, 2.05) is 97.9 Å². The number of nitrogens with zero attached hydrogens (tertiary/aromatic N) is 2. The predicted molar refractivity (Wildman–Crippen MR) is 149 cm³/mol. The van der Waals surface area contributed by atoms with Crippen LogP contribution in [0, 0.1) is 22.7 Å². The summed E-state index contributed by atoms with van der Waals surface area (Å²) in [6.07, 6.45) is 2.00. The van der Waals surface area contributed by atoms with Crippen LogP contribution in [0.5, 0.6) is 23.0 Å². The van der Waals surface area contributed by atoms with Gasteiger partial charge in [-0.3, -0.25) is 0 Å². The van der Waals surface area contributed by atoms with Gasteiger partial charge in [-0.05, 0) is 51.4 Å². The molecular formula is C33H30N2O4. The first-order valence-electron chi connectivity index (χ1n) is 12.8. The second-order valence-electron chi connectivity index (χ2n) is 9.14. The fraction of sp³-hybridized carbons (Fsp3) is 0.212. The average molecular weight is 519 g/mol. The lowest BCUT2D eigenvalue weighted by Crippen LogP contribution is -2.04. The summed E-state index contributed by atoms with van der Waals surface area (Å²) in [4.78, 5) is 0. The van der Waals surface area contributed by atoms with Crippen LogP contribution in [0.3, 0.4) is 0 Å². The van der Waals surface area contributed by atoms with E-state index >= 15 is 0 Å². The van der Waals surface area contributed by atoms with Gasteiger partial charge in [-0.2, -0.15) is 10.5 Å². The first kappa shape index (κ1) is 27.1. The van der Waals surface area contributed by atoms with Crippen LogP contribution < -0.4 is 9.47 Å². The number of aromatic hydroxyl groups is 2. The van der Waals surface area contributed by atoms with Gasteiger partial charge in [-0.1, -0.05) is 79.7 Å². The van der Waals surface area contributed by atoms with E-state index in [2.05, 4.69) is 0 Å². The molecule has 4 rings (SSSR count). The van der Waals surface area contributed by atoms with Crippen molar-refractivity contribution in [2.75, 3.05) is 13.2 Å². The van der Waals surface area contributed by atoms with Crippen LogP contribution in [0.1, 0.15) is 45.9 Å². The number of ether oxygens (including phenoxy) is 2. The van der Waals surface area contributed by atoms with Crippen molar-refractivity contribution in [2.24, 2.45) is 0 Å². The molecular weight excluding hydrogens is 488 g/mol. The molecule has 0 aliphatic carbocycles. The van der Waals surface area contributed by atoms with Crippen molar-refractivity contribution in [3.8, 4) is 35.1 Å². The van der Waals surface area contributed by atoms with Crippen molar-refractivity contribution < 1.29 is 19.7 Å². The summed E-state index contributed by atoms with van der Waals surface area (Å²) in [7, 11) is 0. The summed E-state index contributed by atoms with van der Waals surface area (Å²) in [6, 6.07) is 28.7. The average Bonchev–Trinajstić information content (AvgIpc) is 2.95. The largest absolute Gasteiger partial charge is 0.507 e. The summed E-state index contributed by atoms with van der Waals surface area (Å²) in [5.41, 5.74) is 5.68. The highest BCUT2D eigenvalue weighted by atomic mass is 16.5. The molecule has 0 saturated heterocycles. The highest BCUT2D eigenvalue weighted by molar-refractivity contribution is 5.52. The molecule has 0 amide bonds. The summed E-state index contributed by atoms with van der Waals surface area (Å²) in [6.45, 7) is 1.83. The van der Waals surface area contributed by atoms with Crippen LogP contribution in [-0.2, 0) is 25.7 Å². The lowest BCUT2D eigenvalue weighted by molar-refractivity contribution is 0.360. The summed E-state index contributed by atoms with van der Waals surface area (Å²) < 4.78 is 11.5. The predicted octanol–water partition coefficient (Wildman–Crippen LogP) is 6.24. The zero-order chi connectivity index (χ0) is 27.6. The minimum Gasteiger partial charge on any atom is -0.507 e. The Labute approximate surface area is 228 Å². The van der Waals surface area contributed by atoms with Crippen LogP contribution in [0.2, 0.25) is 0 Å². The van der Waals surface area contributed by atoms with Crippen LogP contribution in [0.25, 0.3) is 0 Å². The molecule has 4 aromatic rings. The molecule has 6 heteroatoms. The first-order valence-corrected chi connectivity index (χ1v) is 12.8. The highest BCUT2D eigenvalue weighted by Gasteiger charge is 2.17. The van der Waals surface area contributed by atoms with E-state index in [4.69, 9.17) is 14.7 Å². The Bertz CT molecular complexity index is 1530. The maximum Gasteiger partial charge on any atom is 0.174 e. The smallest absolute Gasteiger partial charge is 0.174 e. The minimum absolute atomic E-state index is 0.0502. The number of phenols is 2. The van der Waals surface area contributed by atoms with E-state index in [0.29, 0.717) is 30.8 Å². The Morgan fingerprint density at radius 2 is 1.00 bits per heavy atom. The molecule has 0 heterocycles. The van der Waals surface area contributed by atoms with Crippen molar-refractivity contribution in [3.05, 3.63) is 118 Å². The van der Waals surface area contributed by atoms with E-state index in [0.717, 1.165) is 45.4 Å². The molecule has 4 aromatic carbocycles. The van der Waals surface area contributed by atoms with Gasteiger partial charge in [-0.15, -0.1) is 0 Å². The number of para-hydroxylation sites is 4. The second kappa shape index (κ2) is 13.0. The van der Waals surface area contributed by atoms with Crippen LogP contribution in [0.4, 0.5) is 0 Å². The third kappa shape index (κ3) is 6.50. The van der Waals surface area contributed by atoms with E-state index < -0.39 is 0 Å². The van der Waals surface area contributed by atoms with Gasteiger partial charge in [0, 0.05) is 19.3 Å². The Morgan fingerprint density at radius 3 is 1.56 bits per heavy atom. The molecule has 196 valence electrons. The van der Waals surface area contributed by atoms with Crippen molar-refractivity contribution in [1.82, 2.24) is 0 Å². The van der Waals surface area contributed by atoms with Crippen LogP contribution in [-0.4, -0.2) is 23.4 Å². The number of benzene rings is 4. The highest BCUT2D eigenvalue weighted by Crippen LogP contribution is 2.35. The Balaban J connectivity index is 1.65. The zero-order valence-electron chi connectivity index (χ0n) is 21.9. The number of rotatable bonds is 11. The topological polar surface area (TPSA) is 107 Å².